The third kappa shape index (κ3) is 6.02. The van der Waals surface area contributed by atoms with Crippen molar-refractivity contribution >= 4 is 29.1 Å². The molecular weight excluding hydrogens is 315 g/mol. The molecule has 6 heteroatoms. The maximum atomic E-state index is 13.5. The van der Waals surface area contributed by atoms with Crippen LogP contribution < -0.4 is 10.6 Å². The van der Waals surface area contributed by atoms with E-state index < -0.39 is 5.82 Å². The van der Waals surface area contributed by atoms with Crippen molar-refractivity contribution < 1.29 is 4.39 Å². The summed E-state index contributed by atoms with van der Waals surface area (Å²) in [5, 5.41) is 6.37. The van der Waals surface area contributed by atoms with Gasteiger partial charge in [-0.25, -0.2) is 9.37 Å². The average molecular weight is 339 g/mol. The molecule has 0 aliphatic heterocycles. The highest BCUT2D eigenvalue weighted by atomic mass is 35.5. The molecule has 4 nitrogen and oxygen atoms in total. The Kier molecular flexibility index (Phi) is 6.76. The highest BCUT2D eigenvalue weighted by molar-refractivity contribution is 6.30. The average Bonchev–Trinajstić information content (AvgIpc) is 2.47. The normalized spacial score (nSPS) is 10.6. The van der Waals surface area contributed by atoms with Gasteiger partial charge in [0.05, 0.1) is 5.02 Å². The molecule has 0 unspecified atom stereocenters. The summed E-state index contributed by atoms with van der Waals surface area (Å²) in [7, 11) is 0. The summed E-state index contributed by atoms with van der Waals surface area (Å²) in [6.07, 6.45) is 1.72. The van der Waals surface area contributed by atoms with E-state index in [0.717, 1.165) is 5.56 Å². The molecule has 1 aromatic heterocycles. The van der Waals surface area contributed by atoms with Gasteiger partial charge in [-0.3, -0.25) is 0 Å². The first-order chi connectivity index (χ1) is 10.7. The van der Waals surface area contributed by atoms with Gasteiger partial charge in [0.25, 0.3) is 0 Å². The maximum Gasteiger partial charge on any atom is 0.225 e. The summed E-state index contributed by atoms with van der Waals surface area (Å²) < 4.78 is 13.5. The Hall–Kier alpha value is -1.88. The smallest absolute Gasteiger partial charge is 0.225 e. The van der Waals surface area contributed by atoms with Gasteiger partial charge in [-0.05, 0) is 45.9 Å². The van der Waals surface area contributed by atoms with Crippen molar-refractivity contribution in [2.24, 2.45) is 0 Å². The van der Waals surface area contributed by atoms with E-state index in [1.54, 1.807) is 12.3 Å². The lowest BCUT2D eigenvalue weighted by Gasteiger charge is -2.21. The van der Waals surface area contributed by atoms with E-state index in [-0.39, 0.29) is 10.6 Å². The highest BCUT2D eigenvalue weighted by Crippen LogP contribution is 2.23. The lowest BCUT2D eigenvalue weighted by Crippen LogP contribution is -2.27. The molecule has 0 radical (unpaired) electrons. The van der Waals surface area contributed by atoms with Crippen molar-refractivity contribution in [1.82, 2.24) is 9.97 Å². The van der Waals surface area contributed by atoms with Crippen molar-refractivity contribution in [3.63, 3.8) is 0 Å². The van der Waals surface area contributed by atoms with E-state index in [1.807, 2.05) is 41.5 Å². The number of hydrogen-bond acceptors (Lipinski definition) is 4. The number of rotatable bonds is 3. The Labute approximate surface area is 142 Å². The van der Waals surface area contributed by atoms with Crippen LogP contribution in [0.4, 0.5) is 21.8 Å². The van der Waals surface area contributed by atoms with Gasteiger partial charge in [0.1, 0.15) is 11.6 Å². The van der Waals surface area contributed by atoms with Crippen molar-refractivity contribution in [1.29, 1.82) is 0 Å². The zero-order valence-corrected chi connectivity index (χ0v) is 15.2. The zero-order valence-electron chi connectivity index (χ0n) is 14.5. The van der Waals surface area contributed by atoms with Crippen LogP contribution in [0.5, 0.6) is 0 Å². The molecule has 0 amide bonds. The Morgan fingerprint density at radius 2 is 1.83 bits per heavy atom. The molecule has 0 bridgehead atoms. The predicted octanol–water partition coefficient (Wildman–Crippen LogP) is 5.56. The number of benzene rings is 1. The van der Waals surface area contributed by atoms with Gasteiger partial charge in [0.15, 0.2) is 0 Å². The third-order valence-corrected chi connectivity index (χ3v) is 2.95. The van der Waals surface area contributed by atoms with Gasteiger partial charge >= 0.3 is 0 Å². The second-order valence-corrected chi connectivity index (χ2v) is 6.26. The van der Waals surface area contributed by atoms with Crippen LogP contribution in [0, 0.1) is 12.7 Å². The molecule has 0 atom stereocenters. The molecule has 23 heavy (non-hydrogen) atoms. The molecular formula is C17H24ClFN4. The number of halogens is 2. The monoisotopic (exact) mass is 338 g/mol. The van der Waals surface area contributed by atoms with E-state index in [4.69, 9.17) is 11.6 Å². The lowest BCUT2D eigenvalue weighted by atomic mass is 10.1. The van der Waals surface area contributed by atoms with E-state index in [2.05, 4.69) is 20.6 Å². The van der Waals surface area contributed by atoms with Crippen LogP contribution in [-0.4, -0.2) is 15.5 Å². The van der Waals surface area contributed by atoms with Gasteiger partial charge in [-0.1, -0.05) is 25.4 Å². The summed E-state index contributed by atoms with van der Waals surface area (Å²) in [5.74, 6) is 0.671. The minimum absolute atomic E-state index is 0.0926. The molecule has 2 aromatic rings. The van der Waals surface area contributed by atoms with E-state index in [9.17, 15) is 4.39 Å². The predicted molar refractivity (Wildman–Crippen MR) is 96.2 cm³/mol. The fourth-order valence-electron chi connectivity index (χ4n) is 1.67. The third-order valence-electron chi connectivity index (χ3n) is 2.64. The molecule has 0 spiro atoms. The summed E-state index contributed by atoms with van der Waals surface area (Å²) in [5.41, 5.74) is 1.31. The molecule has 1 aromatic carbocycles. The Morgan fingerprint density at radius 3 is 2.39 bits per heavy atom. The molecule has 0 saturated heterocycles. The molecule has 2 rings (SSSR count). The van der Waals surface area contributed by atoms with Crippen LogP contribution in [0.15, 0.2) is 24.4 Å². The highest BCUT2D eigenvalue weighted by Gasteiger charge is 2.12. The van der Waals surface area contributed by atoms with Gasteiger partial charge in [-0.15, -0.1) is 0 Å². The number of aromatic nitrogens is 2. The minimum atomic E-state index is -0.471. The summed E-state index contributed by atoms with van der Waals surface area (Å²) in [6, 6.07) is 4.54. The number of aryl methyl sites for hydroxylation is 1. The molecule has 0 aliphatic rings. The zero-order chi connectivity index (χ0) is 17.6. The molecule has 0 fully saturated rings. The van der Waals surface area contributed by atoms with Crippen LogP contribution in [0.3, 0.4) is 0 Å². The van der Waals surface area contributed by atoms with Crippen LogP contribution in [-0.2, 0) is 0 Å². The SMILES string of the molecule is CC.Cc1cnc(NC(C)(C)C)nc1Nc1ccc(Cl)c(F)c1. The van der Waals surface area contributed by atoms with Gasteiger partial charge < -0.3 is 10.6 Å². The van der Waals surface area contributed by atoms with Crippen molar-refractivity contribution in [2.45, 2.75) is 47.1 Å². The van der Waals surface area contributed by atoms with E-state index in [1.165, 1.54) is 12.1 Å². The molecule has 0 aliphatic carbocycles. The standard InChI is InChI=1S/C15H18ClFN4.C2H6/c1-9-8-18-14(21-15(2,3)4)20-13(9)19-10-5-6-11(16)12(17)7-10;1-2/h5-8H,1-4H3,(H2,18,19,20,21);1-2H3. The lowest BCUT2D eigenvalue weighted by molar-refractivity contribution is 0.626. The first kappa shape index (κ1) is 19.2. The number of nitrogens with zero attached hydrogens (tertiary/aromatic N) is 2. The van der Waals surface area contributed by atoms with Crippen LogP contribution in [0.2, 0.25) is 5.02 Å². The summed E-state index contributed by atoms with van der Waals surface area (Å²) >= 11 is 5.67. The summed E-state index contributed by atoms with van der Waals surface area (Å²) in [6.45, 7) is 12.0. The number of anilines is 3. The van der Waals surface area contributed by atoms with E-state index in [0.29, 0.717) is 17.5 Å². The van der Waals surface area contributed by atoms with Crippen molar-refractivity contribution in [2.75, 3.05) is 10.6 Å². The summed E-state index contributed by atoms with van der Waals surface area (Å²) in [4.78, 5) is 8.66. The van der Waals surface area contributed by atoms with Crippen LogP contribution >= 0.6 is 11.6 Å². The molecule has 1 heterocycles. The molecule has 2 N–H and O–H groups in total. The van der Waals surface area contributed by atoms with Gasteiger partial charge in [0.2, 0.25) is 5.95 Å². The fraction of sp³-hybridized carbons (Fsp3) is 0.412. The molecule has 126 valence electrons. The van der Waals surface area contributed by atoms with Gasteiger partial charge in [-0.2, -0.15) is 4.98 Å². The fourth-order valence-corrected chi connectivity index (χ4v) is 1.79. The number of hydrogen-bond donors (Lipinski definition) is 2. The maximum absolute atomic E-state index is 13.5. The largest absolute Gasteiger partial charge is 0.350 e. The Morgan fingerprint density at radius 1 is 1.17 bits per heavy atom. The topological polar surface area (TPSA) is 49.8 Å². The molecule has 0 saturated carbocycles. The quantitative estimate of drug-likeness (QED) is 0.769. The van der Waals surface area contributed by atoms with Crippen molar-refractivity contribution in [3.8, 4) is 0 Å². The number of nitrogens with one attached hydrogen (secondary N) is 2. The van der Waals surface area contributed by atoms with Crippen molar-refractivity contribution in [3.05, 3.63) is 40.8 Å². The second-order valence-electron chi connectivity index (χ2n) is 5.85. The van der Waals surface area contributed by atoms with E-state index >= 15 is 0 Å². The second kappa shape index (κ2) is 8.11. The Bertz CT molecular complexity index is 654. The first-order valence-electron chi connectivity index (χ1n) is 7.58. The Balaban J connectivity index is 0.00000127. The van der Waals surface area contributed by atoms with Crippen LogP contribution in [0.25, 0.3) is 0 Å². The van der Waals surface area contributed by atoms with Crippen LogP contribution in [0.1, 0.15) is 40.2 Å². The minimum Gasteiger partial charge on any atom is -0.350 e. The van der Waals surface area contributed by atoms with Gasteiger partial charge in [0, 0.05) is 23.0 Å². The first-order valence-corrected chi connectivity index (χ1v) is 7.96.